The van der Waals surface area contributed by atoms with Gasteiger partial charge in [-0.3, -0.25) is 9.89 Å². The molecule has 9 heteroatoms. The monoisotopic (exact) mass is 404 g/mol. The molecule has 0 saturated carbocycles. The third kappa shape index (κ3) is 3.30. The average Bonchev–Trinajstić information content (AvgIpc) is 3.24. The predicted molar refractivity (Wildman–Crippen MR) is 102 cm³/mol. The molecule has 1 aromatic heterocycles. The molecule has 3 aromatic rings. The summed E-state index contributed by atoms with van der Waals surface area (Å²) in [6, 6.07) is 9.34. The van der Waals surface area contributed by atoms with Crippen LogP contribution in [0, 0.1) is 5.82 Å². The van der Waals surface area contributed by atoms with Crippen LogP contribution in [0.2, 0.25) is 5.02 Å². The van der Waals surface area contributed by atoms with Gasteiger partial charge < -0.3 is 20.4 Å². The van der Waals surface area contributed by atoms with E-state index >= 15 is 0 Å². The minimum atomic E-state index is -1.98. The average molecular weight is 405 g/mol. The highest BCUT2D eigenvalue weighted by Crippen LogP contribution is 2.33. The molecular formula is C19H18ClFN4O3. The number of halogens is 2. The van der Waals surface area contributed by atoms with Crippen molar-refractivity contribution >= 4 is 34.1 Å². The quantitative estimate of drug-likeness (QED) is 0.532. The third-order valence-electron chi connectivity index (χ3n) is 4.98. The number of H-pyrrole nitrogens is 1. The number of amides is 1. The Labute approximate surface area is 164 Å². The molecule has 1 saturated heterocycles. The number of nitrogens with zero attached hydrogens (tertiary/aromatic N) is 2. The first-order valence-corrected chi connectivity index (χ1v) is 9.08. The second-order valence-corrected chi connectivity index (χ2v) is 7.28. The molecule has 1 amide bonds. The second kappa shape index (κ2) is 7.05. The highest BCUT2D eigenvalue weighted by atomic mass is 35.5. The molecule has 4 rings (SSSR count). The van der Waals surface area contributed by atoms with Gasteiger partial charge in [0.1, 0.15) is 5.82 Å². The van der Waals surface area contributed by atoms with Crippen LogP contribution in [-0.2, 0) is 11.3 Å². The Morgan fingerprint density at radius 2 is 2.21 bits per heavy atom. The topological polar surface area (TPSA) is 101 Å². The highest BCUT2D eigenvalue weighted by Gasteiger charge is 2.51. The van der Waals surface area contributed by atoms with E-state index in [2.05, 4.69) is 15.5 Å². The summed E-state index contributed by atoms with van der Waals surface area (Å²) in [6.45, 7) is 0.270. The van der Waals surface area contributed by atoms with Gasteiger partial charge in [0.25, 0.3) is 5.91 Å². The maximum Gasteiger partial charge on any atom is 0.257 e. The molecule has 1 aliphatic rings. The van der Waals surface area contributed by atoms with Gasteiger partial charge in [-0.15, -0.1) is 0 Å². The minimum absolute atomic E-state index is 0.0215. The SMILES string of the molecule is O=C(NCc1cc(F)cc(Cl)c1)C1(O)CCN(c2ccc3[nH]ncc3c2)C1O. The maximum atomic E-state index is 13.4. The van der Waals surface area contributed by atoms with Crippen molar-refractivity contribution in [1.82, 2.24) is 15.5 Å². The fourth-order valence-electron chi connectivity index (χ4n) is 3.46. The summed E-state index contributed by atoms with van der Waals surface area (Å²) in [6.07, 6.45) is 0.283. The molecule has 2 heterocycles. The smallest absolute Gasteiger partial charge is 0.257 e. The third-order valence-corrected chi connectivity index (χ3v) is 5.20. The van der Waals surface area contributed by atoms with E-state index in [0.29, 0.717) is 17.8 Å². The number of hydrogen-bond acceptors (Lipinski definition) is 5. The minimum Gasteiger partial charge on any atom is -0.376 e. The molecule has 28 heavy (non-hydrogen) atoms. The van der Waals surface area contributed by atoms with Crippen molar-refractivity contribution in [3.8, 4) is 0 Å². The van der Waals surface area contributed by atoms with E-state index in [1.54, 1.807) is 17.2 Å². The van der Waals surface area contributed by atoms with Crippen LogP contribution in [0.4, 0.5) is 10.1 Å². The van der Waals surface area contributed by atoms with Crippen molar-refractivity contribution < 1.29 is 19.4 Å². The van der Waals surface area contributed by atoms with Gasteiger partial charge in [0.15, 0.2) is 11.8 Å². The molecule has 1 aliphatic heterocycles. The standard InChI is InChI=1S/C19H18ClFN4O3/c20-13-5-11(6-14(21)8-13)9-22-17(26)19(28)3-4-25(18(19)27)15-1-2-16-12(7-15)10-23-24-16/h1-2,5-8,10,18,27-28H,3-4,9H2,(H,22,26)(H,23,24). The fraction of sp³-hybridized carbons (Fsp3) is 0.263. The lowest BCUT2D eigenvalue weighted by Crippen LogP contribution is -2.55. The number of rotatable bonds is 4. The number of hydrogen-bond donors (Lipinski definition) is 4. The van der Waals surface area contributed by atoms with Gasteiger partial charge in [-0.25, -0.2) is 4.39 Å². The molecule has 2 aromatic carbocycles. The number of aromatic amines is 1. The molecule has 1 fully saturated rings. The molecule has 0 aliphatic carbocycles. The number of fused-ring (bicyclic) bond motifs is 1. The van der Waals surface area contributed by atoms with Crippen LogP contribution in [0.1, 0.15) is 12.0 Å². The Morgan fingerprint density at radius 3 is 3.00 bits per heavy atom. The van der Waals surface area contributed by atoms with E-state index in [-0.39, 0.29) is 18.0 Å². The van der Waals surface area contributed by atoms with E-state index in [0.717, 1.165) is 17.0 Å². The lowest BCUT2D eigenvalue weighted by Gasteiger charge is -2.30. The molecular weight excluding hydrogens is 387 g/mol. The van der Waals surface area contributed by atoms with Crippen molar-refractivity contribution in [3.05, 3.63) is 59.0 Å². The Morgan fingerprint density at radius 1 is 1.39 bits per heavy atom. The van der Waals surface area contributed by atoms with Gasteiger partial charge >= 0.3 is 0 Å². The first-order valence-electron chi connectivity index (χ1n) is 8.70. The fourth-order valence-corrected chi connectivity index (χ4v) is 3.70. The van der Waals surface area contributed by atoms with Crippen LogP contribution in [0.15, 0.2) is 42.6 Å². The van der Waals surface area contributed by atoms with Crippen LogP contribution in [0.25, 0.3) is 10.9 Å². The second-order valence-electron chi connectivity index (χ2n) is 6.84. The van der Waals surface area contributed by atoms with E-state index in [4.69, 9.17) is 11.6 Å². The van der Waals surface area contributed by atoms with Crippen molar-refractivity contribution in [1.29, 1.82) is 0 Å². The summed E-state index contributed by atoms with van der Waals surface area (Å²) < 4.78 is 13.4. The Balaban J connectivity index is 1.48. The van der Waals surface area contributed by atoms with Crippen molar-refractivity contribution in [2.75, 3.05) is 11.4 Å². The zero-order valence-electron chi connectivity index (χ0n) is 14.7. The van der Waals surface area contributed by atoms with Crippen LogP contribution < -0.4 is 10.2 Å². The van der Waals surface area contributed by atoms with E-state index in [1.807, 2.05) is 12.1 Å². The number of aromatic nitrogens is 2. The molecule has 7 nitrogen and oxygen atoms in total. The lowest BCUT2D eigenvalue weighted by atomic mass is 10.00. The van der Waals surface area contributed by atoms with Gasteiger partial charge in [-0.1, -0.05) is 11.6 Å². The highest BCUT2D eigenvalue weighted by molar-refractivity contribution is 6.30. The Hall–Kier alpha value is -2.68. The van der Waals surface area contributed by atoms with Gasteiger partial charge in [-0.2, -0.15) is 5.10 Å². The summed E-state index contributed by atoms with van der Waals surface area (Å²) in [7, 11) is 0. The van der Waals surface area contributed by atoms with Crippen LogP contribution >= 0.6 is 11.6 Å². The van der Waals surface area contributed by atoms with E-state index in [9.17, 15) is 19.4 Å². The summed E-state index contributed by atoms with van der Waals surface area (Å²) in [5.74, 6) is -1.25. The van der Waals surface area contributed by atoms with Crippen LogP contribution in [0.5, 0.6) is 0 Å². The molecule has 0 radical (unpaired) electrons. The molecule has 2 unspecified atom stereocenters. The first kappa shape index (κ1) is 18.7. The first-order chi connectivity index (χ1) is 13.4. The van der Waals surface area contributed by atoms with Crippen LogP contribution in [-0.4, -0.2) is 44.7 Å². The van der Waals surface area contributed by atoms with Crippen molar-refractivity contribution in [2.45, 2.75) is 24.8 Å². The summed E-state index contributed by atoms with van der Waals surface area (Å²) in [5, 5.41) is 31.9. The number of carbonyl (C=O) groups excluding carboxylic acids is 1. The zero-order valence-corrected chi connectivity index (χ0v) is 15.4. The molecule has 146 valence electrons. The molecule has 2 atom stereocenters. The normalized spacial score (nSPS) is 22.0. The van der Waals surface area contributed by atoms with Crippen molar-refractivity contribution in [3.63, 3.8) is 0 Å². The lowest BCUT2D eigenvalue weighted by molar-refractivity contribution is -0.148. The van der Waals surface area contributed by atoms with Gasteiger partial charge in [-0.05, 0) is 42.0 Å². The van der Waals surface area contributed by atoms with E-state index in [1.165, 1.54) is 12.1 Å². The summed E-state index contributed by atoms with van der Waals surface area (Å²) >= 11 is 5.81. The number of carbonyl (C=O) groups is 1. The number of aliphatic hydroxyl groups excluding tert-OH is 1. The molecule has 4 N–H and O–H groups in total. The summed E-state index contributed by atoms with van der Waals surface area (Å²) in [5.41, 5.74) is -0.0133. The van der Waals surface area contributed by atoms with Crippen molar-refractivity contribution in [2.24, 2.45) is 0 Å². The van der Waals surface area contributed by atoms with Crippen LogP contribution in [0.3, 0.4) is 0 Å². The van der Waals surface area contributed by atoms with Gasteiger partial charge in [0, 0.05) is 35.6 Å². The number of aliphatic hydroxyl groups is 2. The maximum absolute atomic E-state index is 13.4. The number of nitrogens with one attached hydrogen (secondary N) is 2. The Kier molecular flexibility index (Phi) is 4.70. The van der Waals surface area contributed by atoms with Gasteiger partial charge in [0.2, 0.25) is 0 Å². The predicted octanol–water partition coefficient (Wildman–Crippen LogP) is 1.93. The number of anilines is 1. The zero-order chi connectivity index (χ0) is 19.9. The summed E-state index contributed by atoms with van der Waals surface area (Å²) in [4.78, 5) is 14.1. The molecule has 0 spiro atoms. The largest absolute Gasteiger partial charge is 0.376 e. The van der Waals surface area contributed by atoms with Gasteiger partial charge in [0.05, 0.1) is 11.7 Å². The Bertz CT molecular complexity index is 1020. The van der Waals surface area contributed by atoms with E-state index < -0.39 is 23.6 Å². The molecule has 0 bridgehead atoms. The number of benzene rings is 2.